The van der Waals surface area contributed by atoms with E-state index in [1.807, 2.05) is 11.8 Å². The summed E-state index contributed by atoms with van der Waals surface area (Å²) >= 11 is 0. The van der Waals surface area contributed by atoms with Crippen molar-refractivity contribution < 1.29 is 60.4 Å². The summed E-state index contributed by atoms with van der Waals surface area (Å²) in [5, 5.41) is 14.2. The molecule has 0 atom stereocenters. The molecule has 10 nitrogen and oxygen atoms in total. The van der Waals surface area contributed by atoms with Crippen LogP contribution in [-0.4, -0.2) is 134 Å². The van der Waals surface area contributed by atoms with E-state index in [9.17, 15) is 31.1 Å². The van der Waals surface area contributed by atoms with Crippen LogP contribution in [0, 0.1) is 0 Å². The lowest BCUT2D eigenvalue weighted by atomic mass is 9.85. The zero-order chi connectivity index (χ0) is 28.2. The first-order chi connectivity index (χ1) is 16.5. The van der Waals surface area contributed by atoms with E-state index in [2.05, 4.69) is 23.9 Å². The van der Waals surface area contributed by atoms with Crippen LogP contribution in [-0.2, 0) is 23.9 Å². The van der Waals surface area contributed by atoms with Crippen LogP contribution in [0.1, 0.15) is 19.8 Å². The van der Waals surface area contributed by atoms with E-state index < -0.39 is 24.3 Å². The third-order valence-electron chi connectivity index (χ3n) is 5.33. The van der Waals surface area contributed by atoms with Gasteiger partial charge >= 0.3 is 24.3 Å². The summed E-state index contributed by atoms with van der Waals surface area (Å²) in [6.07, 6.45) is -8.17. The number of hydrogen-bond acceptors (Lipinski definition) is 7. The summed E-state index contributed by atoms with van der Waals surface area (Å²) in [5.41, 5.74) is 0.122. The molecule has 1 amide bonds. The number of likely N-dealkylation sites (tertiary alicyclic amines) is 1. The van der Waals surface area contributed by atoms with Crippen molar-refractivity contribution in [1.29, 1.82) is 0 Å². The number of piperidine rings is 1. The van der Waals surface area contributed by atoms with Gasteiger partial charge in [-0.1, -0.05) is 0 Å². The maximum atomic E-state index is 12.1. The highest BCUT2D eigenvalue weighted by Crippen LogP contribution is 2.31. The minimum atomic E-state index is -5.08. The first kappa shape index (κ1) is 33.8. The van der Waals surface area contributed by atoms with Crippen molar-refractivity contribution >= 4 is 17.8 Å². The third-order valence-corrected chi connectivity index (χ3v) is 5.33. The number of rotatable bonds is 6. The largest absolute Gasteiger partial charge is 0.490 e. The van der Waals surface area contributed by atoms with Crippen molar-refractivity contribution in [3.63, 3.8) is 0 Å². The molecule has 16 heteroatoms. The number of aliphatic carboxylic acids is 2. The maximum absolute atomic E-state index is 12.1. The molecule has 0 aromatic rings. The van der Waals surface area contributed by atoms with E-state index in [4.69, 9.17) is 29.3 Å². The lowest BCUT2D eigenvalue weighted by Crippen LogP contribution is -2.63. The highest BCUT2D eigenvalue weighted by molar-refractivity contribution is 5.77. The molecule has 0 aromatic heterocycles. The Morgan fingerprint density at radius 1 is 0.972 bits per heavy atom. The number of amides is 1. The molecule has 2 aliphatic rings. The highest BCUT2D eigenvalue weighted by atomic mass is 19.4. The number of nitrogens with zero attached hydrogens (tertiary/aromatic N) is 3. The Morgan fingerprint density at radius 2 is 1.44 bits per heavy atom. The standard InChI is InChI=1S/C16H31N3O3.2C2HF3O2/c1-4-21-13-15(20)18-7-5-16(6-8-18)14-22-12-11-19(16)10-9-17(2)3;2*3-2(4,5)1(6)7/h4-14H2,1-3H3;2*(H,6,7). The summed E-state index contributed by atoms with van der Waals surface area (Å²) in [6, 6.07) is 0. The first-order valence-electron chi connectivity index (χ1n) is 10.9. The van der Waals surface area contributed by atoms with Crippen molar-refractivity contribution in [2.75, 3.05) is 73.2 Å². The summed E-state index contributed by atoms with van der Waals surface area (Å²) < 4.78 is 74.5. The van der Waals surface area contributed by atoms with Crippen LogP contribution in [0.2, 0.25) is 0 Å². The van der Waals surface area contributed by atoms with Gasteiger partial charge < -0.3 is 29.5 Å². The molecule has 0 aliphatic carbocycles. The Labute approximate surface area is 204 Å². The number of hydrogen-bond donors (Lipinski definition) is 2. The van der Waals surface area contributed by atoms with Crippen LogP contribution in [0.15, 0.2) is 0 Å². The van der Waals surface area contributed by atoms with Gasteiger partial charge in [0, 0.05) is 44.9 Å². The molecule has 2 rings (SSSR count). The van der Waals surface area contributed by atoms with Gasteiger partial charge in [0.25, 0.3) is 0 Å². The molecule has 2 heterocycles. The highest BCUT2D eigenvalue weighted by Gasteiger charge is 2.43. The monoisotopic (exact) mass is 541 g/mol. The van der Waals surface area contributed by atoms with E-state index >= 15 is 0 Å². The molecule has 0 aromatic carbocycles. The van der Waals surface area contributed by atoms with Crippen LogP contribution in [0.3, 0.4) is 0 Å². The molecule has 212 valence electrons. The van der Waals surface area contributed by atoms with Crippen molar-refractivity contribution in [3.05, 3.63) is 0 Å². The van der Waals surface area contributed by atoms with E-state index in [1.54, 1.807) is 0 Å². The molecule has 2 fully saturated rings. The van der Waals surface area contributed by atoms with Gasteiger partial charge in [0.05, 0.1) is 13.2 Å². The lowest BCUT2D eigenvalue weighted by molar-refractivity contribution is -0.193. The number of ether oxygens (including phenoxy) is 2. The minimum absolute atomic E-state index is 0.119. The number of carboxylic acids is 2. The van der Waals surface area contributed by atoms with E-state index in [1.165, 1.54) is 0 Å². The van der Waals surface area contributed by atoms with Gasteiger partial charge in [-0.2, -0.15) is 26.3 Å². The average Bonchev–Trinajstić information content (AvgIpc) is 2.77. The van der Waals surface area contributed by atoms with Crippen LogP contribution in [0.5, 0.6) is 0 Å². The van der Waals surface area contributed by atoms with E-state index in [0.29, 0.717) is 6.61 Å². The molecular weight excluding hydrogens is 508 g/mol. The van der Waals surface area contributed by atoms with Crippen molar-refractivity contribution in [3.8, 4) is 0 Å². The maximum Gasteiger partial charge on any atom is 0.490 e. The van der Waals surface area contributed by atoms with Gasteiger partial charge in [-0.05, 0) is 33.9 Å². The van der Waals surface area contributed by atoms with Gasteiger partial charge in [0.2, 0.25) is 5.91 Å². The summed E-state index contributed by atoms with van der Waals surface area (Å²) in [5.74, 6) is -5.40. The Bertz CT molecular complexity index is 672. The molecule has 36 heavy (non-hydrogen) atoms. The Kier molecular flexibility index (Phi) is 14.3. The second-order valence-corrected chi connectivity index (χ2v) is 8.19. The topological polar surface area (TPSA) is 120 Å². The molecule has 0 bridgehead atoms. The van der Waals surface area contributed by atoms with Gasteiger partial charge in [0.1, 0.15) is 6.61 Å². The Balaban J connectivity index is 0.000000720. The van der Waals surface area contributed by atoms with Gasteiger partial charge in [-0.25, -0.2) is 9.59 Å². The fraction of sp³-hybridized carbons (Fsp3) is 0.850. The Morgan fingerprint density at radius 3 is 1.83 bits per heavy atom. The fourth-order valence-electron chi connectivity index (χ4n) is 3.35. The van der Waals surface area contributed by atoms with Crippen molar-refractivity contribution in [2.45, 2.75) is 37.7 Å². The zero-order valence-corrected chi connectivity index (χ0v) is 20.3. The predicted octanol–water partition coefficient (Wildman–Crippen LogP) is 1.54. The molecule has 0 saturated carbocycles. The summed E-state index contributed by atoms with van der Waals surface area (Å²) in [7, 11) is 4.23. The average molecular weight is 541 g/mol. The zero-order valence-electron chi connectivity index (χ0n) is 20.3. The van der Waals surface area contributed by atoms with Gasteiger partial charge in [-0.15, -0.1) is 0 Å². The van der Waals surface area contributed by atoms with Crippen LogP contribution >= 0.6 is 0 Å². The normalized spacial score (nSPS) is 18.1. The van der Waals surface area contributed by atoms with E-state index in [-0.39, 0.29) is 18.1 Å². The number of carboxylic acid groups (broad SMARTS) is 2. The second kappa shape index (κ2) is 15.2. The molecule has 2 saturated heterocycles. The molecule has 0 radical (unpaired) electrons. The number of carbonyl (C=O) groups is 3. The van der Waals surface area contributed by atoms with Gasteiger partial charge in [-0.3, -0.25) is 9.69 Å². The fourth-order valence-corrected chi connectivity index (χ4v) is 3.35. The number of alkyl halides is 6. The smallest absolute Gasteiger partial charge is 0.475 e. The van der Waals surface area contributed by atoms with E-state index in [0.717, 1.165) is 58.8 Å². The second-order valence-electron chi connectivity index (χ2n) is 8.19. The van der Waals surface area contributed by atoms with Crippen LogP contribution < -0.4 is 0 Å². The van der Waals surface area contributed by atoms with Crippen LogP contribution in [0.4, 0.5) is 26.3 Å². The predicted molar refractivity (Wildman–Crippen MR) is 113 cm³/mol. The SMILES string of the molecule is CCOCC(=O)N1CCC2(CC1)COCCN2CCN(C)C.O=C(O)C(F)(F)F.O=C(O)C(F)(F)F. The molecule has 1 spiro atoms. The van der Waals surface area contributed by atoms with Crippen molar-refractivity contribution in [2.24, 2.45) is 0 Å². The first-order valence-corrected chi connectivity index (χ1v) is 10.9. The number of carbonyl (C=O) groups excluding carboxylic acids is 1. The van der Waals surface area contributed by atoms with Gasteiger partial charge in [0.15, 0.2) is 0 Å². The molecule has 2 N–H and O–H groups in total. The lowest BCUT2D eigenvalue weighted by Gasteiger charge is -2.51. The quantitative estimate of drug-likeness (QED) is 0.483. The Hall–Kier alpha value is -2.17. The van der Waals surface area contributed by atoms with Crippen LogP contribution in [0.25, 0.3) is 0 Å². The third kappa shape index (κ3) is 12.7. The number of likely N-dealkylation sites (N-methyl/N-ethyl adjacent to an activating group) is 1. The number of morpholine rings is 1. The van der Waals surface area contributed by atoms with Crippen molar-refractivity contribution in [1.82, 2.24) is 14.7 Å². The number of halogens is 6. The molecule has 2 aliphatic heterocycles. The minimum Gasteiger partial charge on any atom is -0.475 e. The summed E-state index contributed by atoms with van der Waals surface area (Å²) in [4.78, 5) is 36.6. The summed E-state index contributed by atoms with van der Waals surface area (Å²) in [6.45, 7) is 9.11. The molecular formula is C20H33F6N3O7. The molecule has 0 unspecified atom stereocenters.